The molecular weight excluding hydrogens is 252 g/mol. The van der Waals surface area contributed by atoms with Crippen LogP contribution in [0.25, 0.3) is 5.57 Å². The van der Waals surface area contributed by atoms with E-state index >= 15 is 0 Å². The number of rotatable bonds is 6. The van der Waals surface area contributed by atoms with E-state index in [0.717, 1.165) is 23.3 Å². The summed E-state index contributed by atoms with van der Waals surface area (Å²) in [4.78, 5) is 15.1. The fourth-order valence-corrected chi connectivity index (χ4v) is 1.73. The molecule has 20 heavy (non-hydrogen) atoms. The van der Waals surface area contributed by atoms with Gasteiger partial charge in [0, 0.05) is 35.9 Å². The van der Waals surface area contributed by atoms with Gasteiger partial charge in [0.1, 0.15) is 5.75 Å². The number of aromatic nitrogens is 1. The first-order chi connectivity index (χ1) is 9.83. The summed E-state index contributed by atoms with van der Waals surface area (Å²) in [7, 11) is 0. The average Bonchev–Trinajstić information content (AvgIpc) is 2.50. The van der Waals surface area contributed by atoms with Gasteiger partial charge in [-0.3, -0.25) is 9.78 Å². The minimum Gasteiger partial charge on any atom is -0.494 e. The van der Waals surface area contributed by atoms with Gasteiger partial charge in [0.15, 0.2) is 6.29 Å². The number of carbonyl (C=O) groups is 1. The molecule has 0 saturated heterocycles. The zero-order valence-corrected chi connectivity index (χ0v) is 11.2. The van der Waals surface area contributed by atoms with Crippen LogP contribution in [0.2, 0.25) is 0 Å². The number of allylic oxidation sites excluding steroid dienone is 1. The second kappa shape index (κ2) is 7.09. The zero-order chi connectivity index (χ0) is 14.2. The highest BCUT2D eigenvalue weighted by Gasteiger charge is 2.00. The quantitative estimate of drug-likeness (QED) is 0.646. The number of nitrogens with one attached hydrogen (secondary N) is 1. The number of anilines is 1. The summed E-state index contributed by atoms with van der Waals surface area (Å²) in [6.45, 7) is 2.56. The molecule has 1 aromatic carbocycles. The summed E-state index contributed by atoms with van der Waals surface area (Å²) in [5.41, 5.74) is 2.25. The van der Waals surface area contributed by atoms with Gasteiger partial charge >= 0.3 is 0 Å². The van der Waals surface area contributed by atoms with Crippen LogP contribution in [0.5, 0.6) is 5.75 Å². The van der Waals surface area contributed by atoms with Gasteiger partial charge in [-0.2, -0.15) is 0 Å². The van der Waals surface area contributed by atoms with E-state index < -0.39 is 0 Å². The number of pyridine rings is 1. The third kappa shape index (κ3) is 3.68. The van der Waals surface area contributed by atoms with Gasteiger partial charge in [-0.1, -0.05) is 6.07 Å². The molecule has 0 atom stereocenters. The SMILES string of the molecule is CCOc1cccc(N/C=C(/C=O)c2ccncc2)c1. The van der Waals surface area contributed by atoms with Gasteiger partial charge in [-0.15, -0.1) is 0 Å². The largest absolute Gasteiger partial charge is 0.494 e. The minimum absolute atomic E-state index is 0.564. The lowest BCUT2D eigenvalue weighted by atomic mass is 10.1. The van der Waals surface area contributed by atoms with E-state index in [1.54, 1.807) is 30.7 Å². The van der Waals surface area contributed by atoms with Gasteiger partial charge in [-0.05, 0) is 36.8 Å². The van der Waals surface area contributed by atoms with Gasteiger partial charge in [0.2, 0.25) is 0 Å². The smallest absolute Gasteiger partial charge is 0.152 e. The molecule has 1 heterocycles. The third-order valence-electron chi connectivity index (χ3n) is 2.68. The van der Waals surface area contributed by atoms with Gasteiger partial charge < -0.3 is 10.1 Å². The molecule has 102 valence electrons. The van der Waals surface area contributed by atoms with Gasteiger partial charge in [-0.25, -0.2) is 0 Å². The van der Waals surface area contributed by atoms with Crippen LogP contribution in [-0.2, 0) is 4.79 Å². The lowest BCUT2D eigenvalue weighted by Gasteiger charge is -2.07. The normalized spacial score (nSPS) is 10.9. The highest BCUT2D eigenvalue weighted by Crippen LogP contribution is 2.18. The maximum atomic E-state index is 11.1. The summed E-state index contributed by atoms with van der Waals surface area (Å²) < 4.78 is 5.43. The van der Waals surface area contributed by atoms with Crippen molar-refractivity contribution in [3.63, 3.8) is 0 Å². The van der Waals surface area contributed by atoms with Crippen molar-refractivity contribution in [2.75, 3.05) is 11.9 Å². The molecule has 0 bridgehead atoms. The van der Waals surface area contributed by atoms with Gasteiger partial charge in [0.25, 0.3) is 0 Å². The molecule has 2 aromatic rings. The number of aldehydes is 1. The average molecular weight is 268 g/mol. The molecule has 0 unspecified atom stereocenters. The molecule has 2 rings (SSSR count). The standard InChI is InChI=1S/C16H16N2O2/c1-2-20-16-5-3-4-15(10-16)18-11-14(12-19)13-6-8-17-9-7-13/h3-12,18H,2H2,1H3/b14-11-. The summed E-state index contributed by atoms with van der Waals surface area (Å²) in [5, 5.41) is 3.10. The molecule has 0 saturated carbocycles. The maximum absolute atomic E-state index is 11.1. The Morgan fingerprint density at radius 3 is 2.80 bits per heavy atom. The molecule has 0 amide bonds. The molecule has 0 aliphatic heterocycles. The number of hydrogen-bond acceptors (Lipinski definition) is 4. The van der Waals surface area contributed by atoms with Crippen molar-refractivity contribution in [1.29, 1.82) is 0 Å². The monoisotopic (exact) mass is 268 g/mol. The van der Waals surface area contributed by atoms with Crippen LogP contribution in [0, 0.1) is 0 Å². The number of ether oxygens (including phenoxy) is 1. The first-order valence-electron chi connectivity index (χ1n) is 6.38. The number of carbonyl (C=O) groups excluding carboxylic acids is 1. The predicted molar refractivity (Wildman–Crippen MR) is 79.5 cm³/mol. The number of nitrogens with zero attached hydrogens (tertiary/aromatic N) is 1. The molecule has 0 aliphatic rings. The zero-order valence-electron chi connectivity index (χ0n) is 11.2. The van der Waals surface area contributed by atoms with Crippen LogP contribution >= 0.6 is 0 Å². The van der Waals surface area contributed by atoms with Crippen molar-refractivity contribution in [3.8, 4) is 5.75 Å². The highest BCUT2D eigenvalue weighted by molar-refractivity contribution is 6.07. The number of hydrogen-bond donors (Lipinski definition) is 1. The van der Waals surface area contributed by atoms with Crippen molar-refractivity contribution < 1.29 is 9.53 Å². The second-order valence-electron chi connectivity index (χ2n) is 4.06. The molecule has 1 N–H and O–H groups in total. The summed E-state index contributed by atoms with van der Waals surface area (Å²) >= 11 is 0. The van der Waals surface area contributed by atoms with E-state index in [1.165, 1.54) is 0 Å². The molecule has 1 aromatic heterocycles. The molecule has 0 aliphatic carbocycles. The number of benzene rings is 1. The lowest BCUT2D eigenvalue weighted by molar-refractivity contribution is -0.103. The molecule has 0 spiro atoms. The predicted octanol–water partition coefficient (Wildman–Crippen LogP) is 3.13. The molecule has 4 nitrogen and oxygen atoms in total. The second-order valence-corrected chi connectivity index (χ2v) is 4.06. The van der Waals surface area contributed by atoms with Crippen molar-refractivity contribution in [2.24, 2.45) is 0 Å². The van der Waals surface area contributed by atoms with Crippen LogP contribution < -0.4 is 10.1 Å². The molecular formula is C16H16N2O2. The first kappa shape index (κ1) is 13.8. The molecule has 0 radical (unpaired) electrons. The first-order valence-corrected chi connectivity index (χ1v) is 6.38. The molecule has 4 heteroatoms. The van der Waals surface area contributed by atoms with Crippen LogP contribution in [-0.4, -0.2) is 17.9 Å². The Bertz CT molecular complexity index is 594. The molecule has 0 fully saturated rings. The Morgan fingerprint density at radius 1 is 1.30 bits per heavy atom. The van der Waals surface area contributed by atoms with Crippen LogP contribution in [0.4, 0.5) is 5.69 Å². The summed E-state index contributed by atoms with van der Waals surface area (Å²) in [5.74, 6) is 0.794. The van der Waals surface area contributed by atoms with E-state index in [2.05, 4.69) is 10.3 Å². The minimum atomic E-state index is 0.564. The van der Waals surface area contributed by atoms with Crippen molar-refractivity contribution in [2.45, 2.75) is 6.92 Å². The Balaban J connectivity index is 2.14. The summed E-state index contributed by atoms with van der Waals surface area (Å²) in [6.07, 6.45) is 5.80. The highest BCUT2D eigenvalue weighted by atomic mass is 16.5. The van der Waals surface area contributed by atoms with E-state index in [0.29, 0.717) is 12.2 Å². The van der Waals surface area contributed by atoms with E-state index in [-0.39, 0.29) is 0 Å². The van der Waals surface area contributed by atoms with Crippen molar-refractivity contribution in [1.82, 2.24) is 4.98 Å². The fourth-order valence-electron chi connectivity index (χ4n) is 1.73. The Kier molecular flexibility index (Phi) is 4.89. The van der Waals surface area contributed by atoms with Crippen LogP contribution in [0.1, 0.15) is 12.5 Å². The van der Waals surface area contributed by atoms with E-state index in [9.17, 15) is 4.79 Å². The van der Waals surface area contributed by atoms with Crippen LogP contribution in [0.3, 0.4) is 0 Å². The Hall–Kier alpha value is -2.62. The summed E-state index contributed by atoms with van der Waals surface area (Å²) in [6, 6.07) is 11.2. The van der Waals surface area contributed by atoms with E-state index in [1.807, 2.05) is 31.2 Å². The Morgan fingerprint density at radius 2 is 2.10 bits per heavy atom. The Labute approximate surface area is 118 Å². The van der Waals surface area contributed by atoms with Crippen LogP contribution in [0.15, 0.2) is 55.0 Å². The lowest BCUT2D eigenvalue weighted by Crippen LogP contribution is -1.95. The third-order valence-corrected chi connectivity index (χ3v) is 2.68. The van der Waals surface area contributed by atoms with E-state index in [4.69, 9.17) is 4.74 Å². The fraction of sp³-hybridized carbons (Fsp3) is 0.125. The topological polar surface area (TPSA) is 51.2 Å². The van der Waals surface area contributed by atoms with Crippen molar-refractivity contribution >= 4 is 17.5 Å². The van der Waals surface area contributed by atoms with Crippen molar-refractivity contribution in [3.05, 3.63) is 60.6 Å². The van der Waals surface area contributed by atoms with Gasteiger partial charge in [0.05, 0.1) is 6.61 Å². The maximum Gasteiger partial charge on any atom is 0.152 e.